The van der Waals surface area contributed by atoms with Crippen molar-refractivity contribution in [3.63, 3.8) is 0 Å². The molecule has 0 atom stereocenters. The normalized spacial score (nSPS) is 10.7. The molecule has 0 radical (unpaired) electrons. The van der Waals surface area contributed by atoms with Crippen molar-refractivity contribution in [3.8, 4) is 0 Å². The van der Waals surface area contributed by atoms with Gasteiger partial charge in [0.2, 0.25) is 0 Å². The highest BCUT2D eigenvalue weighted by molar-refractivity contribution is 5.66. The Hall–Kier alpha value is -2.11. The fourth-order valence-corrected chi connectivity index (χ4v) is 1.96. The number of nitrogens with two attached hydrogens (primary N) is 1. The number of anilines is 2. The number of rotatable bonds is 4. The van der Waals surface area contributed by atoms with Crippen LogP contribution in [0.15, 0.2) is 18.3 Å². The van der Waals surface area contributed by atoms with Crippen molar-refractivity contribution in [3.05, 3.63) is 41.2 Å². The first kappa shape index (κ1) is 13.3. The van der Waals surface area contributed by atoms with Crippen LogP contribution >= 0.6 is 0 Å². The lowest BCUT2D eigenvalue weighted by atomic mass is 10.2. The fourth-order valence-electron chi connectivity index (χ4n) is 1.96. The minimum atomic E-state index is -0.957. The molecule has 0 saturated carbocycles. The molecule has 0 saturated heterocycles. The van der Waals surface area contributed by atoms with Crippen LogP contribution in [-0.2, 0) is 20.0 Å². The number of hydrogen-bond donors (Lipinski definition) is 2. The maximum Gasteiger partial charge on any atom is 0.183 e. The Balaban J connectivity index is 2.21. The average Bonchev–Trinajstić information content (AvgIpc) is 2.74. The zero-order chi connectivity index (χ0) is 14.0. The zero-order valence-corrected chi connectivity index (χ0v) is 10.9. The summed E-state index contributed by atoms with van der Waals surface area (Å²) in [5.74, 6) is -1.87. The van der Waals surface area contributed by atoms with Gasteiger partial charge in [0.1, 0.15) is 0 Å². The third-order valence-electron chi connectivity index (χ3n) is 2.91. The Kier molecular flexibility index (Phi) is 3.69. The van der Waals surface area contributed by atoms with Crippen LogP contribution in [0.3, 0.4) is 0 Å². The molecule has 2 aromatic rings. The Morgan fingerprint density at radius 3 is 2.79 bits per heavy atom. The molecule has 3 N–H and O–H groups in total. The van der Waals surface area contributed by atoms with E-state index in [0.29, 0.717) is 6.54 Å². The Morgan fingerprint density at radius 1 is 1.37 bits per heavy atom. The van der Waals surface area contributed by atoms with E-state index in [2.05, 4.69) is 10.4 Å². The summed E-state index contributed by atoms with van der Waals surface area (Å²) in [4.78, 5) is 0. The first-order chi connectivity index (χ1) is 9.02. The van der Waals surface area contributed by atoms with Crippen LogP contribution in [0.4, 0.5) is 20.2 Å². The van der Waals surface area contributed by atoms with Gasteiger partial charge in [0.05, 0.1) is 17.1 Å². The van der Waals surface area contributed by atoms with Gasteiger partial charge in [-0.1, -0.05) is 6.92 Å². The fraction of sp³-hybridized carbons (Fsp3) is 0.308. The number of benzene rings is 1. The molecule has 0 amide bonds. The molecule has 1 aromatic carbocycles. The van der Waals surface area contributed by atoms with Crippen molar-refractivity contribution in [1.29, 1.82) is 0 Å². The van der Waals surface area contributed by atoms with Gasteiger partial charge in [-0.3, -0.25) is 4.68 Å². The topological polar surface area (TPSA) is 55.9 Å². The van der Waals surface area contributed by atoms with Crippen molar-refractivity contribution in [2.24, 2.45) is 7.05 Å². The molecule has 0 unspecified atom stereocenters. The van der Waals surface area contributed by atoms with Gasteiger partial charge in [-0.15, -0.1) is 0 Å². The minimum Gasteiger partial charge on any atom is -0.397 e. The first-order valence-electron chi connectivity index (χ1n) is 6.01. The smallest absolute Gasteiger partial charge is 0.183 e. The number of halogens is 2. The summed E-state index contributed by atoms with van der Waals surface area (Å²) in [7, 11) is 1.82. The minimum absolute atomic E-state index is 0.00842. The van der Waals surface area contributed by atoms with Crippen molar-refractivity contribution >= 4 is 11.4 Å². The van der Waals surface area contributed by atoms with Crippen LogP contribution in [0.25, 0.3) is 0 Å². The summed E-state index contributed by atoms with van der Waals surface area (Å²) in [5, 5.41) is 7.11. The maximum atomic E-state index is 13.6. The molecule has 1 aromatic heterocycles. The van der Waals surface area contributed by atoms with Crippen molar-refractivity contribution in [1.82, 2.24) is 9.78 Å². The Bertz CT molecular complexity index is 593. The Labute approximate surface area is 110 Å². The van der Waals surface area contributed by atoms with E-state index in [-0.39, 0.29) is 11.4 Å². The summed E-state index contributed by atoms with van der Waals surface area (Å²) in [6.07, 6.45) is 2.62. The molecule has 0 bridgehead atoms. The molecule has 1 heterocycles. The maximum absolute atomic E-state index is 13.6. The van der Waals surface area contributed by atoms with Gasteiger partial charge in [-0.05, 0) is 18.6 Å². The Morgan fingerprint density at radius 2 is 2.11 bits per heavy atom. The highest BCUT2D eigenvalue weighted by atomic mass is 19.2. The van der Waals surface area contributed by atoms with Gasteiger partial charge in [0.15, 0.2) is 11.6 Å². The molecular formula is C13H16F2N4. The first-order valence-corrected chi connectivity index (χ1v) is 6.01. The highest BCUT2D eigenvalue weighted by Crippen LogP contribution is 2.25. The predicted octanol–water partition coefficient (Wildman–Crippen LogP) is 2.46. The highest BCUT2D eigenvalue weighted by Gasteiger charge is 2.13. The lowest BCUT2D eigenvalue weighted by Crippen LogP contribution is -2.07. The third-order valence-corrected chi connectivity index (χ3v) is 2.91. The van der Waals surface area contributed by atoms with E-state index >= 15 is 0 Å². The zero-order valence-electron chi connectivity index (χ0n) is 10.9. The number of nitrogen functional groups attached to an aromatic ring is 1. The van der Waals surface area contributed by atoms with E-state index in [1.54, 1.807) is 4.68 Å². The van der Waals surface area contributed by atoms with Crippen LogP contribution < -0.4 is 11.1 Å². The van der Waals surface area contributed by atoms with Gasteiger partial charge in [-0.2, -0.15) is 5.10 Å². The second kappa shape index (κ2) is 5.26. The molecule has 6 heteroatoms. The van der Waals surface area contributed by atoms with Gasteiger partial charge in [-0.25, -0.2) is 8.78 Å². The molecule has 102 valence electrons. The lowest BCUT2D eigenvalue weighted by Gasteiger charge is -2.10. The van der Waals surface area contributed by atoms with Crippen LogP contribution in [0.1, 0.15) is 18.2 Å². The standard InChI is InChI=1S/C13H16F2N4/c1-3-11-8(7-19(2)18-11)6-17-13-10(16)5-4-9(14)12(13)15/h4-5,7,17H,3,6,16H2,1-2H3. The molecule has 0 fully saturated rings. The molecule has 2 rings (SSSR count). The summed E-state index contributed by atoms with van der Waals surface area (Å²) >= 11 is 0. The third kappa shape index (κ3) is 2.67. The van der Waals surface area contributed by atoms with Crippen molar-refractivity contribution < 1.29 is 8.78 Å². The van der Waals surface area contributed by atoms with Gasteiger partial charge in [0, 0.05) is 25.4 Å². The number of aromatic nitrogens is 2. The van der Waals surface area contributed by atoms with E-state index in [1.807, 2.05) is 20.2 Å². The van der Waals surface area contributed by atoms with Crippen LogP contribution in [0.5, 0.6) is 0 Å². The van der Waals surface area contributed by atoms with Gasteiger partial charge in [0.25, 0.3) is 0 Å². The van der Waals surface area contributed by atoms with Crippen LogP contribution in [-0.4, -0.2) is 9.78 Å². The van der Waals surface area contributed by atoms with E-state index in [9.17, 15) is 8.78 Å². The van der Waals surface area contributed by atoms with E-state index < -0.39 is 11.6 Å². The van der Waals surface area contributed by atoms with E-state index in [4.69, 9.17) is 5.73 Å². The number of hydrogen-bond acceptors (Lipinski definition) is 3. The molecule has 0 spiro atoms. The molecule has 0 aliphatic heterocycles. The second-order valence-corrected chi connectivity index (χ2v) is 4.31. The van der Waals surface area contributed by atoms with Crippen LogP contribution in [0, 0.1) is 11.6 Å². The quantitative estimate of drug-likeness (QED) is 0.836. The number of nitrogens with one attached hydrogen (secondary N) is 1. The summed E-state index contributed by atoms with van der Waals surface area (Å²) in [6, 6.07) is 2.35. The summed E-state index contributed by atoms with van der Waals surface area (Å²) in [6.45, 7) is 2.34. The van der Waals surface area contributed by atoms with Crippen molar-refractivity contribution in [2.45, 2.75) is 19.9 Å². The molecular weight excluding hydrogens is 250 g/mol. The lowest BCUT2D eigenvalue weighted by molar-refractivity contribution is 0.511. The van der Waals surface area contributed by atoms with Crippen molar-refractivity contribution in [2.75, 3.05) is 11.1 Å². The largest absolute Gasteiger partial charge is 0.397 e. The van der Waals surface area contributed by atoms with Gasteiger partial charge >= 0.3 is 0 Å². The van der Waals surface area contributed by atoms with Gasteiger partial charge < -0.3 is 11.1 Å². The second-order valence-electron chi connectivity index (χ2n) is 4.31. The predicted molar refractivity (Wildman–Crippen MR) is 70.7 cm³/mol. The van der Waals surface area contributed by atoms with E-state index in [1.165, 1.54) is 6.07 Å². The van der Waals surface area contributed by atoms with E-state index in [0.717, 1.165) is 23.7 Å². The molecule has 4 nitrogen and oxygen atoms in total. The van der Waals surface area contributed by atoms with Crippen LogP contribution in [0.2, 0.25) is 0 Å². The summed E-state index contributed by atoms with van der Waals surface area (Å²) in [5.41, 5.74) is 7.67. The molecule has 0 aliphatic rings. The SMILES string of the molecule is CCc1nn(C)cc1CNc1c(N)ccc(F)c1F. The molecule has 19 heavy (non-hydrogen) atoms. The number of nitrogens with zero attached hydrogens (tertiary/aromatic N) is 2. The monoisotopic (exact) mass is 266 g/mol. The molecule has 0 aliphatic carbocycles. The number of aryl methyl sites for hydroxylation is 2. The summed E-state index contributed by atoms with van der Waals surface area (Å²) < 4.78 is 28.5. The average molecular weight is 266 g/mol.